The summed E-state index contributed by atoms with van der Waals surface area (Å²) in [5.74, 6) is 0.611. The number of aromatic nitrogens is 5. The van der Waals surface area contributed by atoms with Gasteiger partial charge in [0.15, 0.2) is 0 Å². The van der Waals surface area contributed by atoms with Gasteiger partial charge in [-0.2, -0.15) is 5.10 Å². The van der Waals surface area contributed by atoms with Crippen LogP contribution in [0.5, 0.6) is 0 Å². The Labute approximate surface area is 165 Å². The summed E-state index contributed by atoms with van der Waals surface area (Å²) in [5, 5.41) is 7.38. The van der Waals surface area contributed by atoms with Crippen LogP contribution in [0.4, 0.5) is 10.2 Å². The first-order valence-corrected chi connectivity index (χ1v) is 9.23. The monoisotopic (exact) mass is 388 g/mol. The molecule has 144 valence electrons. The highest BCUT2D eigenvalue weighted by atomic mass is 19.1. The second-order valence-electron chi connectivity index (χ2n) is 6.89. The lowest BCUT2D eigenvalue weighted by Crippen LogP contribution is -2.26. The van der Waals surface area contributed by atoms with Crippen LogP contribution in [0.25, 0.3) is 5.95 Å². The first kappa shape index (κ1) is 17.3. The second-order valence-corrected chi connectivity index (χ2v) is 6.89. The fourth-order valence-electron chi connectivity index (χ4n) is 3.74. The summed E-state index contributed by atoms with van der Waals surface area (Å²) in [7, 11) is 0. The molecule has 0 bridgehead atoms. The number of benzene rings is 1. The van der Waals surface area contributed by atoms with Crippen molar-refractivity contribution < 1.29 is 9.18 Å². The maximum Gasteiger partial charge on any atom is 0.233 e. The first-order valence-electron chi connectivity index (χ1n) is 9.23. The van der Waals surface area contributed by atoms with Gasteiger partial charge in [-0.3, -0.25) is 9.36 Å². The number of carbonyl (C=O) groups is 1. The molecule has 0 spiro atoms. The molecule has 0 saturated carbocycles. The zero-order chi connectivity index (χ0) is 19.8. The van der Waals surface area contributed by atoms with E-state index in [-0.39, 0.29) is 17.6 Å². The van der Waals surface area contributed by atoms with Crippen molar-refractivity contribution in [3.63, 3.8) is 0 Å². The van der Waals surface area contributed by atoms with Gasteiger partial charge in [0, 0.05) is 42.2 Å². The zero-order valence-corrected chi connectivity index (χ0v) is 15.4. The lowest BCUT2D eigenvalue weighted by Gasteiger charge is -2.24. The van der Waals surface area contributed by atoms with Crippen molar-refractivity contribution in [3.8, 4) is 5.95 Å². The molecule has 1 aliphatic heterocycles. The van der Waals surface area contributed by atoms with Gasteiger partial charge in [0.05, 0.1) is 12.7 Å². The van der Waals surface area contributed by atoms with Crippen molar-refractivity contribution in [2.45, 2.75) is 18.9 Å². The Morgan fingerprint density at radius 1 is 1.14 bits per heavy atom. The van der Waals surface area contributed by atoms with Crippen LogP contribution in [0.3, 0.4) is 0 Å². The molecular formula is C21H17FN6O. The van der Waals surface area contributed by atoms with E-state index >= 15 is 0 Å². The van der Waals surface area contributed by atoms with Gasteiger partial charge < -0.3 is 5.32 Å². The minimum absolute atomic E-state index is 0.0924. The molecule has 4 heterocycles. The standard InChI is InChI=1S/C21H17FN6O/c22-15-5-1-4-14(10-15)13-28-20-17(12-25-28)16(11-19(29)26-20)18-6-2-9-27(18)21-23-7-3-8-24-21/h1-10,12,16H,11,13H2,(H,26,29). The number of rotatable bonds is 4. The molecular weight excluding hydrogens is 371 g/mol. The van der Waals surface area contributed by atoms with Gasteiger partial charge in [0.2, 0.25) is 11.9 Å². The number of halogens is 1. The molecule has 1 atom stereocenters. The summed E-state index contributed by atoms with van der Waals surface area (Å²) < 4.78 is 17.1. The predicted octanol–water partition coefficient (Wildman–Crippen LogP) is 3.13. The Morgan fingerprint density at radius 3 is 2.83 bits per heavy atom. The third-order valence-corrected chi connectivity index (χ3v) is 5.02. The summed E-state index contributed by atoms with van der Waals surface area (Å²) in [6.07, 6.45) is 7.32. The highest BCUT2D eigenvalue weighted by molar-refractivity contribution is 5.94. The Kier molecular flexibility index (Phi) is 4.16. The van der Waals surface area contributed by atoms with Crippen molar-refractivity contribution in [1.29, 1.82) is 0 Å². The fraction of sp³-hybridized carbons (Fsp3) is 0.143. The Balaban J connectivity index is 1.54. The number of anilines is 1. The van der Waals surface area contributed by atoms with Crippen LogP contribution >= 0.6 is 0 Å². The maximum absolute atomic E-state index is 13.5. The second kappa shape index (κ2) is 6.97. The summed E-state index contributed by atoms with van der Waals surface area (Å²) in [6.45, 7) is 0.364. The summed E-state index contributed by atoms with van der Waals surface area (Å²) in [5.41, 5.74) is 2.60. The molecule has 1 unspecified atom stereocenters. The van der Waals surface area contributed by atoms with E-state index in [1.807, 2.05) is 29.0 Å². The van der Waals surface area contributed by atoms with Crippen LogP contribution < -0.4 is 5.32 Å². The largest absolute Gasteiger partial charge is 0.311 e. The molecule has 0 aliphatic carbocycles. The van der Waals surface area contributed by atoms with Crippen molar-refractivity contribution in [3.05, 3.63) is 89.9 Å². The molecule has 5 rings (SSSR count). The van der Waals surface area contributed by atoms with Crippen molar-refractivity contribution >= 4 is 11.7 Å². The van der Waals surface area contributed by atoms with Gasteiger partial charge in [-0.05, 0) is 35.9 Å². The average Bonchev–Trinajstić information content (AvgIpc) is 3.36. The predicted molar refractivity (Wildman–Crippen MR) is 104 cm³/mol. The van der Waals surface area contributed by atoms with Crippen LogP contribution in [-0.2, 0) is 11.3 Å². The number of hydrogen-bond acceptors (Lipinski definition) is 4. The molecule has 4 aromatic rings. The summed E-state index contributed by atoms with van der Waals surface area (Å²) in [4.78, 5) is 21.1. The molecule has 1 aromatic carbocycles. The quantitative estimate of drug-likeness (QED) is 0.583. The van der Waals surface area contributed by atoms with Gasteiger partial charge in [-0.25, -0.2) is 19.0 Å². The number of carbonyl (C=O) groups excluding carboxylic acids is 1. The average molecular weight is 388 g/mol. The van der Waals surface area contributed by atoms with E-state index in [9.17, 15) is 9.18 Å². The van der Waals surface area contributed by atoms with E-state index in [1.165, 1.54) is 12.1 Å². The third kappa shape index (κ3) is 3.18. The normalized spacial score (nSPS) is 15.8. The highest BCUT2D eigenvalue weighted by Crippen LogP contribution is 2.37. The van der Waals surface area contributed by atoms with E-state index in [2.05, 4.69) is 20.4 Å². The third-order valence-electron chi connectivity index (χ3n) is 5.02. The van der Waals surface area contributed by atoms with E-state index in [4.69, 9.17) is 0 Å². The molecule has 3 aromatic heterocycles. The van der Waals surface area contributed by atoms with Gasteiger partial charge in [-0.15, -0.1) is 0 Å². The molecule has 0 radical (unpaired) electrons. The minimum Gasteiger partial charge on any atom is -0.311 e. The number of nitrogens with zero attached hydrogens (tertiary/aromatic N) is 5. The van der Waals surface area contributed by atoms with Crippen LogP contribution in [0.1, 0.15) is 29.2 Å². The number of hydrogen-bond donors (Lipinski definition) is 1. The molecule has 0 fully saturated rings. The smallest absolute Gasteiger partial charge is 0.233 e. The van der Waals surface area contributed by atoms with Gasteiger partial charge in [-0.1, -0.05) is 12.1 Å². The van der Waals surface area contributed by atoms with Crippen LogP contribution in [0, 0.1) is 5.82 Å². The van der Waals surface area contributed by atoms with E-state index in [0.717, 1.165) is 16.8 Å². The summed E-state index contributed by atoms with van der Waals surface area (Å²) in [6, 6.07) is 12.0. The van der Waals surface area contributed by atoms with Crippen molar-refractivity contribution in [2.75, 3.05) is 5.32 Å². The minimum atomic E-state index is -0.300. The van der Waals surface area contributed by atoms with Gasteiger partial charge in [0.1, 0.15) is 11.6 Å². The van der Waals surface area contributed by atoms with Crippen LogP contribution in [0.15, 0.2) is 67.3 Å². The number of nitrogens with one attached hydrogen (secondary N) is 1. The molecule has 8 heteroatoms. The Hall–Kier alpha value is -3.81. The van der Waals surface area contributed by atoms with Crippen molar-refractivity contribution in [2.24, 2.45) is 0 Å². The molecule has 1 aliphatic rings. The van der Waals surface area contributed by atoms with Gasteiger partial charge >= 0.3 is 0 Å². The molecule has 1 N–H and O–H groups in total. The van der Waals surface area contributed by atoms with E-state index in [1.54, 1.807) is 35.4 Å². The summed E-state index contributed by atoms with van der Waals surface area (Å²) >= 11 is 0. The molecule has 7 nitrogen and oxygen atoms in total. The lowest BCUT2D eigenvalue weighted by atomic mass is 9.91. The number of amides is 1. The topological polar surface area (TPSA) is 77.6 Å². The SMILES string of the molecule is O=C1CC(c2cccn2-c2ncccn2)c2cnn(Cc3cccc(F)c3)c2N1. The highest BCUT2D eigenvalue weighted by Gasteiger charge is 2.32. The fourth-order valence-corrected chi connectivity index (χ4v) is 3.74. The van der Waals surface area contributed by atoms with Crippen molar-refractivity contribution in [1.82, 2.24) is 24.3 Å². The molecule has 0 saturated heterocycles. The van der Waals surface area contributed by atoms with Crippen LogP contribution in [0.2, 0.25) is 0 Å². The van der Waals surface area contributed by atoms with Crippen LogP contribution in [-0.4, -0.2) is 30.2 Å². The zero-order valence-electron chi connectivity index (χ0n) is 15.4. The maximum atomic E-state index is 13.5. The van der Waals surface area contributed by atoms with E-state index in [0.29, 0.717) is 24.7 Å². The van der Waals surface area contributed by atoms with E-state index < -0.39 is 0 Å². The van der Waals surface area contributed by atoms with Gasteiger partial charge in [0.25, 0.3) is 0 Å². The molecule has 29 heavy (non-hydrogen) atoms. The lowest BCUT2D eigenvalue weighted by molar-refractivity contribution is -0.116. The Morgan fingerprint density at radius 2 is 2.00 bits per heavy atom. The number of fused-ring (bicyclic) bond motifs is 1. The first-order chi connectivity index (χ1) is 14.2. The molecule has 1 amide bonds. The Bertz CT molecular complexity index is 1180.